The molecule has 0 saturated carbocycles. The summed E-state index contributed by atoms with van der Waals surface area (Å²) in [6, 6.07) is 5.63. The average molecular weight is 272 g/mol. The third-order valence-electron chi connectivity index (χ3n) is 2.17. The number of benzene rings is 1. The fourth-order valence-corrected chi connectivity index (χ4v) is 2.29. The zero-order valence-electron chi connectivity index (χ0n) is 9.93. The Kier molecular flexibility index (Phi) is 4.93. The highest BCUT2D eigenvalue weighted by atomic mass is 32.2. The first-order valence-corrected chi connectivity index (χ1v) is 6.75. The van der Waals surface area contributed by atoms with Crippen LogP contribution in [0.5, 0.6) is 0 Å². The second-order valence-corrected chi connectivity index (χ2v) is 5.23. The van der Waals surface area contributed by atoms with Crippen molar-refractivity contribution in [3.05, 3.63) is 24.3 Å². The first-order chi connectivity index (χ1) is 8.45. The van der Waals surface area contributed by atoms with Crippen molar-refractivity contribution in [1.29, 1.82) is 0 Å². The van der Waals surface area contributed by atoms with Gasteiger partial charge in [0.1, 0.15) is 0 Å². The van der Waals surface area contributed by atoms with Crippen LogP contribution in [-0.4, -0.2) is 34.6 Å². The topological polar surface area (TPSA) is 113 Å². The Morgan fingerprint density at radius 1 is 1.22 bits per heavy atom. The molecule has 0 aromatic heterocycles. The molecule has 2 amide bonds. The molecule has 0 bridgehead atoms. The average Bonchev–Trinajstić information content (AvgIpc) is 2.34. The fourth-order valence-electron chi connectivity index (χ4n) is 1.26. The van der Waals surface area contributed by atoms with Gasteiger partial charge in [0.25, 0.3) is 0 Å². The molecule has 100 valence electrons. The number of urea groups is 1. The fraction of sp³-hybridized carbons (Fsp3) is 0.300. The first-order valence-electron chi connectivity index (χ1n) is 5.26. The molecule has 0 unspecified atom stereocenters. The van der Waals surface area contributed by atoms with E-state index in [1.54, 1.807) is 19.2 Å². The van der Waals surface area contributed by atoms with Crippen molar-refractivity contribution >= 4 is 21.7 Å². The van der Waals surface area contributed by atoms with Crippen LogP contribution in [0.25, 0.3) is 0 Å². The highest BCUT2D eigenvalue weighted by molar-refractivity contribution is 7.89. The lowest BCUT2D eigenvalue weighted by atomic mass is 10.3. The Hall–Kier alpha value is -1.80. The van der Waals surface area contributed by atoms with Gasteiger partial charge in [-0.2, -0.15) is 0 Å². The van der Waals surface area contributed by atoms with Gasteiger partial charge < -0.3 is 16.4 Å². The van der Waals surface area contributed by atoms with Crippen LogP contribution >= 0.6 is 0 Å². The van der Waals surface area contributed by atoms with E-state index in [1.165, 1.54) is 12.1 Å². The highest BCUT2D eigenvalue weighted by Gasteiger charge is 2.12. The predicted molar refractivity (Wildman–Crippen MR) is 68.8 cm³/mol. The molecule has 1 rings (SSSR count). The Bertz CT molecular complexity index is 498. The van der Waals surface area contributed by atoms with E-state index in [1.807, 2.05) is 0 Å². The number of anilines is 1. The van der Waals surface area contributed by atoms with Crippen molar-refractivity contribution in [3.8, 4) is 0 Å². The summed E-state index contributed by atoms with van der Waals surface area (Å²) in [6.07, 6.45) is 0. The molecular formula is C10H16N4O3S. The van der Waals surface area contributed by atoms with E-state index in [-0.39, 0.29) is 18.0 Å². The number of hydrogen-bond donors (Lipinski definition) is 4. The second kappa shape index (κ2) is 6.22. The minimum atomic E-state index is -3.55. The molecule has 0 radical (unpaired) electrons. The largest absolute Gasteiger partial charge is 0.388 e. The molecule has 7 nitrogen and oxygen atoms in total. The smallest absolute Gasteiger partial charge is 0.312 e. The van der Waals surface area contributed by atoms with Crippen molar-refractivity contribution in [2.24, 2.45) is 5.73 Å². The molecule has 1 aromatic carbocycles. The maximum atomic E-state index is 11.8. The summed E-state index contributed by atoms with van der Waals surface area (Å²) in [4.78, 5) is 10.6. The molecule has 8 heteroatoms. The van der Waals surface area contributed by atoms with Gasteiger partial charge in [-0.1, -0.05) is 0 Å². The van der Waals surface area contributed by atoms with Gasteiger partial charge in [-0.05, 0) is 24.3 Å². The molecule has 18 heavy (non-hydrogen) atoms. The van der Waals surface area contributed by atoms with Crippen LogP contribution in [0.3, 0.4) is 0 Å². The van der Waals surface area contributed by atoms with Crippen LogP contribution in [0.2, 0.25) is 0 Å². The molecule has 0 spiro atoms. The van der Waals surface area contributed by atoms with Crippen molar-refractivity contribution < 1.29 is 13.2 Å². The molecule has 0 heterocycles. The third-order valence-corrected chi connectivity index (χ3v) is 3.65. The van der Waals surface area contributed by atoms with E-state index in [2.05, 4.69) is 15.4 Å². The number of carbonyl (C=O) groups is 1. The number of hydrogen-bond acceptors (Lipinski definition) is 4. The lowest BCUT2D eigenvalue weighted by Crippen LogP contribution is -2.37. The van der Waals surface area contributed by atoms with Crippen molar-refractivity contribution in [2.45, 2.75) is 4.90 Å². The van der Waals surface area contributed by atoms with Crippen LogP contribution in [0.15, 0.2) is 29.2 Å². The van der Waals surface area contributed by atoms with E-state index in [0.717, 1.165) is 5.69 Å². The molecule has 0 saturated heterocycles. The molecule has 0 aliphatic rings. The molecule has 0 aliphatic heterocycles. The standard InChI is InChI=1S/C10H16N4O3S/c1-12-8-2-4-9(5-3-8)18(16,17)14-7-6-13-10(11)15/h2-5,12,14H,6-7H2,1H3,(H3,11,13,15). The second-order valence-electron chi connectivity index (χ2n) is 3.46. The van der Waals surface area contributed by atoms with E-state index in [0.29, 0.717) is 0 Å². The summed E-state index contributed by atoms with van der Waals surface area (Å²) >= 11 is 0. The predicted octanol–water partition coefficient (Wildman–Crippen LogP) is -0.325. The van der Waals surface area contributed by atoms with Crippen molar-refractivity contribution in [3.63, 3.8) is 0 Å². The van der Waals surface area contributed by atoms with Gasteiger partial charge in [-0.15, -0.1) is 0 Å². The SMILES string of the molecule is CNc1ccc(S(=O)(=O)NCCNC(N)=O)cc1. The summed E-state index contributed by atoms with van der Waals surface area (Å²) in [7, 11) is -1.81. The molecule has 0 aliphatic carbocycles. The number of nitrogens with two attached hydrogens (primary N) is 1. The Morgan fingerprint density at radius 3 is 2.33 bits per heavy atom. The van der Waals surface area contributed by atoms with E-state index >= 15 is 0 Å². The van der Waals surface area contributed by atoms with Gasteiger partial charge in [-0.25, -0.2) is 17.9 Å². The van der Waals surface area contributed by atoms with Gasteiger partial charge >= 0.3 is 6.03 Å². The van der Waals surface area contributed by atoms with Crippen LogP contribution in [0.1, 0.15) is 0 Å². The quantitative estimate of drug-likeness (QED) is 0.531. The Balaban J connectivity index is 2.59. The lowest BCUT2D eigenvalue weighted by Gasteiger charge is -2.07. The number of nitrogens with one attached hydrogen (secondary N) is 3. The van der Waals surface area contributed by atoms with Crippen molar-refractivity contribution in [2.75, 3.05) is 25.5 Å². The van der Waals surface area contributed by atoms with Gasteiger partial charge in [0.05, 0.1) is 4.90 Å². The zero-order chi connectivity index (χ0) is 13.6. The summed E-state index contributed by atoms with van der Waals surface area (Å²) < 4.78 is 26.0. The number of rotatable bonds is 6. The molecule has 1 aromatic rings. The minimum absolute atomic E-state index is 0.0824. The Morgan fingerprint density at radius 2 is 1.83 bits per heavy atom. The van der Waals surface area contributed by atoms with Crippen LogP contribution in [0, 0.1) is 0 Å². The summed E-state index contributed by atoms with van der Waals surface area (Å²) in [5.41, 5.74) is 5.67. The number of sulfonamides is 1. The van der Waals surface area contributed by atoms with E-state index < -0.39 is 16.1 Å². The number of carbonyl (C=O) groups excluding carboxylic acids is 1. The molecule has 0 atom stereocenters. The van der Waals surface area contributed by atoms with Crippen molar-refractivity contribution in [1.82, 2.24) is 10.0 Å². The van der Waals surface area contributed by atoms with Gasteiger partial charge in [-0.3, -0.25) is 0 Å². The van der Waals surface area contributed by atoms with Crippen LogP contribution in [-0.2, 0) is 10.0 Å². The third kappa shape index (κ3) is 4.22. The van der Waals surface area contributed by atoms with E-state index in [9.17, 15) is 13.2 Å². The van der Waals surface area contributed by atoms with Gasteiger partial charge in [0.2, 0.25) is 10.0 Å². The van der Waals surface area contributed by atoms with Crippen LogP contribution in [0.4, 0.5) is 10.5 Å². The molecule has 0 fully saturated rings. The van der Waals surface area contributed by atoms with E-state index in [4.69, 9.17) is 5.73 Å². The normalized spacial score (nSPS) is 10.9. The number of amides is 2. The summed E-state index contributed by atoms with van der Waals surface area (Å²) in [6.45, 7) is 0.224. The summed E-state index contributed by atoms with van der Waals surface area (Å²) in [5.74, 6) is 0. The maximum Gasteiger partial charge on any atom is 0.312 e. The van der Waals surface area contributed by atoms with Gasteiger partial charge in [0.15, 0.2) is 0 Å². The summed E-state index contributed by atoms with van der Waals surface area (Å²) in [5, 5.41) is 5.18. The van der Waals surface area contributed by atoms with Gasteiger partial charge in [0, 0.05) is 25.8 Å². The number of primary amides is 1. The minimum Gasteiger partial charge on any atom is -0.388 e. The van der Waals surface area contributed by atoms with Crippen LogP contribution < -0.4 is 21.1 Å². The zero-order valence-corrected chi connectivity index (χ0v) is 10.8. The molecule has 5 N–H and O–H groups in total. The first kappa shape index (κ1) is 14.3. The monoisotopic (exact) mass is 272 g/mol. The Labute approximate surface area is 106 Å². The highest BCUT2D eigenvalue weighted by Crippen LogP contribution is 2.12. The lowest BCUT2D eigenvalue weighted by molar-refractivity contribution is 0.249. The molecular weight excluding hydrogens is 256 g/mol. The maximum absolute atomic E-state index is 11.8.